The van der Waals surface area contributed by atoms with Crippen LogP contribution in [0.25, 0.3) is 11.1 Å². The first-order valence-corrected chi connectivity index (χ1v) is 13.1. The topological polar surface area (TPSA) is 24.7 Å². The molecule has 192 valence electrons. The first-order valence-electron chi connectivity index (χ1n) is 11.5. The number of nitrogens with zero attached hydrogens (tertiary/aromatic N) is 2. The molecule has 0 saturated carbocycles. The number of aryl methyl sites for hydroxylation is 2. The average Bonchev–Trinajstić information content (AvgIpc) is 3.35. The maximum Gasteiger partial charge on any atom is 0.380 e. The van der Waals surface area contributed by atoms with Gasteiger partial charge in [-0.15, -0.1) is 22.7 Å². The van der Waals surface area contributed by atoms with Crippen LogP contribution in [0.1, 0.15) is 70.2 Å². The Morgan fingerprint density at radius 1 is 0.714 bits per heavy atom. The number of thiophene rings is 2. The Kier molecular flexibility index (Phi) is 8.36. The maximum atomic E-state index is 15.1. The monoisotopic (exact) mass is 534 g/mol. The number of aliphatic imine (C=N–C) groups is 2. The summed E-state index contributed by atoms with van der Waals surface area (Å²) < 4.78 is 89.8. The lowest BCUT2D eigenvalue weighted by Gasteiger charge is -2.25. The lowest BCUT2D eigenvalue weighted by molar-refractivity contribution is -0.254. The molecule has 1 aliphatic rings. The fraction of sp³-hybridized carbons (Fsp3) is 0.520. The molecule has 0 spiro atoms. The number of alkyl halides is 6. The van der Waals surface area contributed by atoms with E-state index in [1.54, 1.807) is 0 Å². The van der Waals surface area contributed by atoms with E-state index in [9.17, 15) is 8.78 Å². The molecule has 0 unspecified atom stereocenters. The van der Waals surface area contributed by atoms with Gasteiger partial charge in [-0.25, -0.2) is 0 Å². The van der Waals surface area contributed by atoms with Gasteiger partial charge in [0.05, 0.1) is 0 Å². The molecule has 0 N–H and O–H groups in total. The highest BCUT2D eigenvalue weighted by atomic mass is 32.1. The van der Waals surface area contributed by atoms with Crippen LogP contribution in [0.3, 0.4) is 0 Å². The Balaban J connectivity index is 2.18. The van der Waals surface area contributed by atoms with Crippen molar-refractivity contribution in [2.45, 2.75) is 71.1 Å². The summed E-state index contributed by atoms with van der Waals surface area (Å²) in [7, 11) is 0. The zero-order chi connectivity index (χ0) is 26.0. The summed E-state index contributed by atoms with van der Waals surface area (Å²) in [6, 6.07) is 2.51. The van der Waals surface area contributed by atoms with Crippen molar-refractivity contribution in [1.82, 2.24) is 0 Å². The van der Waals surface area contributed by atoms with E-state index in [-0.39, 0.29) is 20.9 Å². The van der Waals surface area contributed by atoms with Crippen molar-refractivity contribution in [3.8, 4) is 0 Å². The number of allylic oxidation sites excluding steroid dienone is 2. The van der Waals surface area contributed by atoms with E-state index in [1.165, 1.54) is 38.4 Å². The molecule has 0 atom stereocenters. The SMILES string of the molecule is CCCCN=Cc1cc(C2=C(c3cc(C=NCCCC)sc3C)C(F)(F)C(F)(F)C2(F)F)c(C)s1. The summed E-state index contributed by atoms with van der Waals surface area (Å²) in [6.07, 6.45) is 6.46. The molecule has 0 fully saturated rings. The molecule has 2 aromatic heterocycles. The molecule has 1 aliphatic carbocycles. The first-order chi connectivity index (χ1) is 16.4. The van der Waals surface area contributed by atoms with Crippen molar-refractivity contribution in [2.24, 2.45) is 9.98 Å². The molecule has 3 rings (SSSR count). The lowest BCUT2D eigenvalue weighted by Crippen LogP contribution is -2.48. The van der Waals surface area contributed by atoms with Crippen LogP contribution in [-0.2, 0) is 0 Å². The van der Waals surface area contributed by atoms with Crippen LogP contribution in [0.4, 0.5) is 26.3 Å². The number of halogens is 6. The largest absolute Gasteiger partial charge is 0.380 e. The molecule has 0 aromatic carbocycles. The average molecular weight is 535 g/mol. The lowest BCUT2D eigenvalue weighted by atomic mass is 9.95. The summed E-state index contributed by atoms with van der Waals surface area (Å²) >= 11 is 2.11. The Morgan fingerprint density at radius 3 is 1.43 bits per heavy atom. The zero-order valence-electron chi connectivity index (χ0n) is 20.0. The highest BCUT2D eigenvalue weighted by molar-refractivity contribution is 7.14. The Morgan fingerprint density at radius 2 is 1.09 bits per heavy atom. The number of rotatable bonds is 10. The minimum Gasteiger partial charge on any atom is -0.292 e. The van der Waals surface area contributed by atoms with E-state index < -0.39 is 28.9 Å². The number of hydrogen-bond donors (Lipinski definition) is 0. The molecule has 35 heavy (non-hydrogen) atoms. The fourth-order valence-electron chi connectivity index (χ4n) is 3.87. The third-order valence-corrected chi connectivity index (χ3v) is 7.77. The second-order valence-electron chi connectivity index (χ2n) is 8.49. The number of unbranched alkanes of at least 4 members (excludes halogenated alkanes) is 2. The molecule has 0 aliphatic heterocycles. The quantitative estimate of drug-likeness (QED) is 0.165. The summed E-state index contributed by atoms with van der Waals surface area (Å²) in [4.78, 5) is 9.81. The van der Waals surface area contributed by atoms with Crippen molar-refractivity contribution in [3.63, 3.8) is 0 Å². The Bertz CT molecular complexity index is 1050. The molecule has 2 nitrogen and oxygen atoms in total. The molecule has 0 saturated heterocycles. The van der Waals surface area contributed by atoms with Crippen molar-refractivity contribution in [2.75, 3.05) is 13.1 Å². The highest BCUT2D eigenvalue weighted by Gasteiger charge is 2.80. The van der Waals surface area contributed by atoms with E-state index in [0.717, 1.165) is 48.4 Å². The molecular weight excluding hydrogens is 506 g/mol. The minimum absolute atomic E-state index is 0.247. The molecular formula is C25H28F6N2S2. The predicted molar refractivity (Wildman–Crippen MR) is 135 cm³/mol. The summed E-state index contributed by atoms with van der Waals surface area (Å²) in [6.45, 7) is 7.97. The van der Waals surface area contributed by atoms with Crippen LogP contribution >= 0.6 is 22.7 Å². The normalized spacial score (nSPS) is 19.0. The van der Waals surface area contributed by atoms with Gasteiger partial charge in [0.1, 0.15) is 0 Å². The first kappa shape index (κ1) is 27.6. The second-order valence-corrected chi connectivity index (χ2v) is 11.1. The third kappa shape index (κ3) is 5.01. The van der Waals surface area contributed by atoms with Gasteiger partial charge in [-0.3, -0.25) is 9.98 Å². The van der Waals surface area contributed by atoms with E-state index in [2.05, 4.69) is 9.98 Å². The van der Waals surface area contributed by atoms with Gasteiger partial charge >= 0.3 is 17.8 Å². The minimum atomic E-state index is -5.57. The van der Waals surface area contributed by atoms with Gasteiger partial charge in [-0.1, -0.05) is 26.7 Å². The standard InChI is InChI=1S/C25H28F6N2S2/c1-5-7-9-32-13-17-11-19(15(3)34-17)21-22(24(28,29)25(30,31)23(21,26)27)20-12-18(35-16(20)4)14-33-10-8-6-2/h11-14H,5-10H2,1-4H3. The molecule has 2 heterocycles. The highest BCUT2D eigenvalue weighted by Crippen LogP contribution is 2.65. The molecule has 0 amide bonds. The van der Waals surface area contributed by atoms with E-state index in [0.29, 0.717) is 22.8 Å². The summed E-state index contributed by atoms with van der Waals surface area (Å²) in [5.74, 6) is -15.7. The number of hydrogen-bond acceptors (Lipinski definition) is 4. The van der Waals surface area contributed by atoms with Crippen LogP contribution in [0.15, 0.2) is 22.1 Å². The van der Waals surface area contributed by atoms with E-state index >= 15 is 17.6 Å². The molecule has 10 heteroatoms. The van der Waals surface area contributed by atoms with Crippen LogP contribution in [-0.4, -0.2) is 43.3 Å². The second kappa shape index (κ2) is 10.6. The van der Waals surface area contributed by atoms with Crippen LogP contribution in [0, 0.1) is 13.8 Å². The summed E-state index contributed by atoms with van der Waals surface area (Å²) in [5.41, 5.74) is -3.23. The van der Waals surface area contributed by atoms with E-state index in [4.69, 9.17) is 0 Å². The van der Waals surface area contributed by atoms with Gasteiger partial charge in [0.25, 0.3) is 0 Å². The third-order valence-electron chi connectivity index (χ3n) is 5.80. The van der Waals surface area contributed by atoms with Crippen LogP contribution in [0.2, 0.25) is 0 Å². The van der Waals surface area contributed by atoms with Crippen molar-refractivity contribution in [3.05, 3.63) is 42.8 Å². The Hall–Kier alpha value is -1.94. The zero-order valence-corrected chi connectivity index (χ0v) is 21.7. The molecule has 0 radical (unpaired) electrons. The van der Waals surface area contributed by atoms with Gasteiger partial charge in [0, 0.05) is 56.2 Å². The van der Waals surface area contributed by atoms with Crippen molar-refractivity contribution >= 4 is 46.2 Å². The maximum absolute atomic E-state index is 15.1. The van der Waals surface area contributed by atoms with Crippen molar-refractivity contribution < 1.29 is 26.3 Å². The van der Waals surface area contributed by atoms with Crippen molar-refractivity contribution in [1.29, 1.82) is 0 Å². The van der Waals surface area contributed by atoms with Crippen LogP contribution in [0.5, 0.6) is 0 Å². The van der Waals surface area contributed by atoms with Crippen LogP contribution < -0.4 is 0 Å². The van der Waals surface area contributed by atoms with Gasteiger partial charge in [-0.2, -0.15) is 26.3 Å². The van der Waals surface area contributed by atoms with Gasteiger partial charge in [0.2, 0.25) is 0 Å². The predicted octanol–water partition coefficient (Wildman–Crippen LogP) is 8.69. The van der Waals surface area contributed by atoms with E-state index in [1.807, 2.05) is 13.8 Å². The fourth-order valence-corrected chi connectivity index (χ4v) is 5.73. The summed E-state index contributed by atoms with van der Waals surface area (Å²) in [5, 5.41) is 0. The molecule has 2 aromatic rings. The van der Waals surface area contributed by atoms with Gasteiger partial charge in [0.15, 0.2) is 0 Å². The van der Waals surface area contributed by atoms with Gasteiger partial charge < -0.3 is 0 Å². The Labute approximate surface area is 209 Å². The molecule has 0 bridgehead atoms. The van der Waals surface area contributed by atoms with Gasteiger partial charge in [-0.05, 0) is 49.9 Å². The smallest absolute Gasteiger partial charge is 0.292 e.